The van der Waals surface area contributed by atoms with E-state index < -0.39 is 17.8 Å². The van der Waals surface area contributed by atoms with Gasteiger partial charge >= 0.3 is 6.61 Å². The molecule has 0 aliphatic rings. The molecule has 0 radical (unpaired) electrons. The van der Waals surface area contributed by atoms with E-state index in [0.29, 0.717) is 21.7 Å². The molecule has 1 atom stereocenters. The second-order valence-corrected chi connectivity index (χ2v) is 9.33. The number of para-hydroxylation sites is 3. The third kappa shape index (κ3) is 5.51. The molecular weight excluding hydrogens is 472 g/mol. The number of aromatic nitrogens is 2. The highest BCUT2D eigenvalue weighted by molar-refractivity contribution is 8.00. The van der Waals surface area contributed by atoms with Crippen molar-refractivity contribution in [1.82, 2.24) is 9.55 Å². The Balaban J connectivity index is 1.71. The number of rotatable bonds is 7. The molecule has 0 aliphatic heterocycles. The maximum atomic E-state index is 13.5. The summed E-state index contributed by atoms with van der Waals surface area (Å²) in [4.78, 5) is 31.1. The van der Waals surface area contributed by atoms with Crippen molar-refractivity contribution < 1.29 is 18.3 Å². The van der Waals surface area contributed by atoms with Crippen LogP contribution in [-0.4, -0.2) is 27.3 Å². The zero-order valence-electron chi connectivity index (χ0n) is 19.3. The lowest BCUT2D eigenvalue weighted by molar-refractivity contribution is -0.115. The first-order valence-electron chi connectivity index (χ1n) is 10.8. The highest BCUT2D eigenvalue weighted by atomic mass is 32.2. The Morgan fingerprint density at radius 2 is 1.69 bits per heavy atom. The number of thioether (sulfide) groups is 1. The van der Waals surface area contributed by atoms with Crippen LogP contribution in [0.4, 0.5) is 14.5 Å². The number of carbonyl (C=O) groups is 1. The number of amides is 1. The summed E-state index contributed by atoms with van der Waals surface area (Å²) in [6.07, 6.45) is 0. The van der Waals surface area contributed by atoms with Crippen LogP contribution in [0.1, 0.15) is 18.1 Å². The van der Waals surface area contributed by atoms with E-state index in [1.54, 1.807) is 37.3 Å². The van der Waals surface area contributed by atoms with Crippen molar-refractivity contribution >= 4 is 34.3 Å². The van der Waals surface area contributed by atoms with Gasteiger partial charge in [-0.05, 0) is 68.3 Å². The number of alkyl halides is 2. The van der Waals surface area contributed by atoms with Crippen LogP contribution in [-0.2, 0) is 4.79 Å². The van der Waals surface area contributed by atoms with Gasteiger partial charge < -0.3 is 10.1 Å². The molecule has 1 heterocycles. The fourth-order valence-corrected chi connectivity index (χ4v) is 4.64. The summed E-state index contributed by atoms with van der Waals surface area (Å²) in [6.45, 7) is 2.52. The van der Waals surface area contributed by atoms with Crippen LogP contribution >= 0.6 is 11.8 Å². The molecule has 0 spiro atoms. The molecule has 35 heavy (non-hydrogen) atoms. The van der Waals surface area contributed by atoms with E-state index in [9.17, 15) is 18.4 Å². The lowest BCUT2D eigenvalue weighted by Gasteiger charge is -2.18. The van der Waals surface area contributed by atoms with Gasteiger partial charge in [0.15, 0.2) is 5.16 Å². The van der Waals surface area contributed by atoms with Crippen LogP contribution in [0.2, 0.25) is 0 Å². The van der Waals surface area contributed by atoms with Crippen molar-refractivity contribution in [2.45, 2.75) is 37.8 Å². The molecule has 0 bridgehead atoms. The van der Waals surface area contributed by atoms with Gasteiger partial charge in [0.25, 0.3) is 5.56 Å². The van der Waals surface area contributed by atoms with Crippen molar-refractivity contribution in [1.29, 1.82) is 0 Å². The number of fused-ring (bicyclic) bond motifs is 1. The zero-order valence-corrected chi connectivity index (χ0v) is 20.1. The number of benzene rings is 3. The van der Waals surface area contributed by atoms with Crippen LogP contribution in [0, 0.1) is 13.8 Å². The lowest BCUT2D eigenvalue weighted by atomic mass is 10.1. The van der Waals surface area contributed by atoms with Gasteiger partial charge in [-0.1, -0.05) is 42.1 Å². The topological polar surface area (TPSA) is 73.2 Å². The normalized spacial score (nSPS) is 12.1. The number of hydrogen-bond acceptors (Lipinski definition) is 5. The summed E-state index contributed by atoms with van der Waals surface area (Å²) in [5.41, 5.74) is 3.02. The smallest absolute Gasteiger partial charge is 0.387 e. The van der Waals surface area contributed by atoms with Gasteiger partial charge in [-0.25, -0.2) is 4.98 Å². The van der Waals surface area contributed by atoms with Gasteiger partial charge in [0.05, 0.1) is 27.5 Å². The summed E-state index contributed by atoms with van der Waals surface area (Å²) in [6, 6.07) is 18.8. The van der Waals surface area contributed by atoms with Crippen molar-refractivity contribution in [3.63, 3.8) is 0 Å². The molecule has 0 saturated carbocycles. The maximum absolute atomic E-state index is 13.5. The predicted octanol–water partition coefficient (Wildman–Crippen LogP) is 5.72. The van der Waals surface area contributed by atoms with Gasteiger partial charge in [0.2, 0.25) is 5.91 Å². The number of aryl methyl sites for hydroxylation is 2. The van der Waals surface area contributed by atoms with E-state index in [1.165, 1.54) is 22.8 Å². The predicted molar refractivity (Wildman–Crippen MR) is 134 cm³/mol. The third-order valence-electron chi connectivity index (χ3n) is 5.22. The molecule has 3 aromatic carbocycles. The molecule has 0 aliphatic carbocycles. The van der Waals surface area contributed by atoms with Crippen molar-refractivity contribution in [2.75, 3.05) is 5.32 Å². The molecule has 0 fully saturated rings. The Hall–Kier alpha value is -3.72. The summed E-state index contributed by atoms with van der Waals surface area (Å²) in [7, 11) is 0. The molecule has 1 amide bonds. The molecule has 4 rings (SSSR count). The SMILES string of the molecule is Cc1cc(C)cc(-n2c(SC(C)C(=O)Nc3ccccc3OC(F)F)nc3ccccc3c2=O)c1. The monoisotopic (exact) mass is 495 g/mol. The fraction of sp³-hybridized carbons (Fsp3) is 0.192. The molecule has 1 unspecified atom stereocenters. The van der Waals surface area contributed by atoms with E-state index in [1.807, 2.05) is 32.0 Å². The summed E-state index contributed by atoms with van der Waals surface area (Å²) < 4.78 is 31.5. The van der Waals surface area contributed by atoms with Crippen LogP contribution in [0.25, 0.3) is 16.6 Å². The van der Waals surface area contributed by atoms with Gasteiger partial charge in [-0.15, -0.1) is 0 Å². The number of anilines is 1. The Morgan fingerprint density at radius 3 is 2.40 bits per heavy atom. The second kappa shape index (κ2) is 10.3. The van der Waals surface area contributed by atoms with Crippen molar-refractivity contribution in [2.24, 2.45) is 0 Å². The maximum Gasteiger partial charge on any atom is 0.387 e. The van der Waals surface area contributed by atoms with E-state index in [4.69, 9.17) is 0 Å². The van der Waals surface area contributed by atoms with Crippen LogP contribution in [0.5, 0.6) is 5.75 Å². The number of halogens is 2. The molecule has 1 N–H and O–H groups in total. The highest BCUT2D eigenvalue weighted by Crippen LogP contribution is 2.29. The summed E-state index contributed by atoms with van der Waals surface area (Å²) in [5.74, 6) is -0.585. The average Bonchev–Trinajstić information content (AvgIpc) is 2.79. The fourth-order valence-electron chi connectivity index (χ4n) is 3.71. The number of nitrogens with one attached hydrogen (secondary N) is 1. The molecule has 180 valence electrons. The molecule has 0 saturated heterocycles. The Bertz CT molecular complexity index is 1440. The van der Waals surface area contributed by atoms with E-state index in [-0.39, 0.29) is 17.0 Å². The number of carbonyl (C=O) groups excluding carboxylic acids is 1. The van der Waals surface area contributed by atoms with Crippen LogP contribution < -0.4 is 15.6 Å². The van der Waals surface area contributed by atoms with E-state index >= 15 is 0 Å². The van der Waals surface area contributed by atoms with Crippen molar-refractivity contribution in [3.8, 4) is 11.4 Å². The second-order valence-electron chi connectivity index (χ2n) is 8.02. The first-order valence-corrected chi connectivity index (χ1v) is 11.7. The van der Waals surface area contributed by atoms with Gasteiger partial charge in [-0.2, -0.15) is 8.78 Å². The molecule has 1 aromatic heterocycles. The molecular formula is C26H23F2N3O3S. The lowest BCUT2D eigenvalue weighted by Crippen LogP contribution is -2.26. The minimum absolute atomic E-state index is 0.128. The van der Waals surface area contributed by atoms with E-state index in [0.717, 1.165) is 22.9 Å². The quantitative estimate of drug-likeness (QED) is 0.262. The molecule has 9 heteroatoms. The van der Waals surface area contributed by atoms with Gasteiger partial charge in [-0.3, -0.25) is 14.2 Å². The average molecular weight is 496 g/mol. The van der Waals surface area contributed by atoms with Crippen LogP contribution in [0.15, 0.2) is 76.7 Å². The zero-order chi connectivity index (χ0) is 25.1. The highest BCUT2D eigenvalue weighted by Gasteiger charge is 2.22. The summed E-state index contributed by atoms with van der Waals surface area (Å²) >= 11 is 1.10. The van der Waals surface area contributed by atoms with Gasteiger partial charge in [0, 0.05) is 0 Å². The number of nitrogens with zero attached hydrogens (tertiary/aromatic N) is 2. The Morgan fingerprint density at radius 1 is 1.03 bits per heavy atom. The van der Waals surface area contributed by atoms with Gasteiger partial charge in [0.1, 0.15) is 5.75 Å². The molecule has 6 nitrogen and oxygen atoms in total. The largest absolute Gasteiger partial charge is 0.433 e. The molecule has 4 aromatic rings. The standard InChI is InChI=1S/C26H23F2N3O3S/c1-15-12-16(2)14-18(13-15)31-24(33)19-8-4-5-9-20(19)30-26(31)35-17(3)23(32)29-21-10-6-7-11-22(21)34-25(27)28/h4-14,17,25H,1-3H3,(H,29,32). The van der Waals surface area contributed by atoms with Crippen LogP contribution in [0.3, 0.4) is 0 Å². The summed E-state index contributed by atoms with van der Waals surface area (Å²) in [5, 5.41) is 2.73. The Labute approximate surface area is 205 Å². The Kier molecular flexibility index (Phi) is 7.16. The third-order valence-corrected chi connectivity index (χ3v) is 6.27. The first-order chi connectivity index (χ1) is 16.7. The number of ether oxygens (including phenoxy) is 1. The number of hydrogen-bond donors (Lipinski definition) is 1. The van der Waals surface area contributed by atoms with Crippen molar-refractivity contribution in [3.05, 3.63) is 88.2 Å². The first kappa shape index (κ1) is 24.4. The minimum Gasteiger partial charge on any atom is -0.433 e. The minimum atomic E-state index is -3.02. The van der Waals surface area contributed by atoms with E-state index in [2.05, 4.69) is 15.0 Å².